The number of hydrogen-bond donors (Lipinski definition) is 0. The predicted molar refractivity (Wildman–Crippen MR) is 71.2 cm³/mol. The summed E-state index contributed by atoms with van der Waals surface area (Å²) < 4.78 is 0. The molecule has 1 fully saturated rings. The Labute approximate surface area is 104 Å². The molecule has 2 rings (SSSR count). The van der Waals surface area contributed by atoms with Crippen LogP contribution in [0, 0.1) is 19.8 Å². The smallest absolute Gasteiger partial charge is 0.0404 e. The van der Waals surface area contributed by atoms with Crippen LogP contribution in [0.4, 0.5) is 0 Å². The van der Waals surface area contributed by atoms with Crippen LogP contribution >= 0.6 is 11.6 Å². The third-order valence-electron chi connectivity index (χ3n) is 3.83. The normalized spacial score (nSPS) is 18.9. The second kappa shape index (κ2) is 5.23. The molecule has 0 nitrogen and oxygen atoms in total. The maximum Gasteiger partial charge on any atom is 0.0404 e. The van der Waals surface area contributed by atoms with E-state index in [1.54, 1.807) is 0 Å². The zero-order chi connectivity index (χ0) is 11.5. The third-order valence-corrected chi connectivity index (χ3v) is 4.34. The highest BCUT2D eigenvalue weighted by Gasteiger charge is 2.23. The van der Waals surface area contributed by atoms with Crippen molar-refractivity contribution in [2.24, 2.45) is 5.92 Å². The summed E-state index contributed by atoms with van der Waals surface area (Å²) in [6, 6.07) is 6.68. The van der Waals surface area contributed by atoms with Crippen LogP contribution in [0.5, 0.6) is 0 Å². The van der Waals surface area contributed by atoms with Crippen molar-refractivity contribution in [1.29, 1.82) is 0 Å². The molecule has 88 valence electrons. The molecular weight excluding hydrogens is 216 g/mol. The van der Waals surface area contributed by atoms with Gasteiger partial charge in [-0.2, -0.15) is 0 Å². The quantitative estimate of drug-likeness (QED) is 0.671. The summed E-state index contributed by atoms with van der Waals surface area (Å²) in [4.78, 5) is 0. The first-order valence-corrected chi connectivity index (χ1v) is 6.80. The van der Waals surface area contributed by atoms with Crippen LogP contribution in [-0.4, -0.2) is 5.38 Å². The van der Waals surface area contributed by atoms with Crippen molar-refractivity contribution in [3.8, 4) is 0 Å². The summed E-state index contributed by atoms with van der Waals surface area (Å²) in [6.45, 7) is 4.34. The average molecular weight is 237 g/mol. The number of benzene rings is 1. The zero-order valence-corrected chi connectivity index (χ0v) is 11.1. The van der Waals surface area contributed by atoms with E-state index in [1.807, 2.05) is 0 Å². The van der Waals surface area contributed by atoms with E-state index < -0.39 is 0 Å². The lowest BCUT2D eigenvalue weighted by molar-refractivity contribution is 0.511. The molecule has 1 aliphatic carbocycles. The van der Waals surface area contributed by atoms with E-state index in [2.05, 4.69) is 32.0 Å². The molecule has 16 heavy (non-hydrogen) atoms. The van der Waals surface area contributed by atoms with Gasteiger partial charge >= 0.3 is 0 Å². The van der Waals surface area contributed by atoms with Gasteiger partial charge in [0.05, 0.1) is 0 Å². The van der Waals surface area contributed by atoms with Crippen molar-refractivity contribution >= 4 is 11.6 Å². The zero-order valence-electron chi connectivity index (χ0n) is 10.3. The number of rotatable bonds is 3. The van der Waals surface area contributed by atoms with Gasteiger partial charge in [-0.25, -0.2) is 0 Å². The van der Waals surface area contributed by atoms with Crippen LogP contribution in [0.25, 0.3) is 0 Å². The number of hydrogen-bond acceptors (Lipinski definition) is 0. The fraction of sp³-hybridized carbons (Fsp3) is 0.600. The van der Waals surface area contributed by atoms with Gasteiger partial charge in [0.1, 0.15) is 0 Å². The SMILES string of the molecule is Cc1ccc(C)c(CC(Cl)C2CCCC2)c1. The van der Waals surface area contributed by atoms with Crippen LogP contribution in [0.1, 0.15) is 42.4 Å². The van der Waals surface area contributed by atoms with E-state index in [0.29, 0.717) is 5.38 Å². The summed E-state index contributed by atoms with van der Waals surface area (Å²) in [6.07, 6.45) is 6.46. The molecule has 0 radical (unpaired) electrons. The topological polar surface area (TPSA) is 0 Å². The first-order chi connectivity index (χ1) is 7.66. The first-order valence-electron chi connectivity index (χ1n) is 6.37. The van der Waals surface area contributed by atoms with Gasteiger partial charge in [0.25, 0.3) is 0 Å². The predicted octanol–water partition coefficient (Wildman–Crippen LogP) is 4.64. The fourth-order valence-electron chi connectivity index (χ4n) is 2.72. The van der Waals surface area contributed by atoms with Gasteiger partial charge in [0, 0.05) is 5.38 Å². The highest BCUT2D eigenvalue weighted by atomic mass is 35.5. The van der Waals surface area contributed by atoms with E-state index in [-0.39, 0.29) is 0 Å². The Morgan fingerprint density at radius 2 is 1.94 bits per heavy atom. The van der Waals surface area contributed by atoms with Crippen molar-refractivity contribution in [2.45, 2.75) is 51.3 Å². The Morgan fingerprint density at radius 1 is 1.25 bits per heavy atom. The Morgan fingerprint density at radius 3 is 2.62 bits per heavy atom. The van der Waals surface area contributed by atoms with Gasteiger partial charge in [0.2, 0.25) is 0 Å². The van der Waals surface area contributed by atoms with Crippen molar-refractivity contribution in [3.63, 3.8) is 0 Å². The maximum absolute atomic E-state index is 6.55. The minimum Gasteiger partial charge on any atom is -0.122 e. The lowest BCUT2D eigenvalue weighted by Gasteiger charge is -2.18. The molecule has 1 atom stereocenters. The second-order valence-corrected chi connectivity index (χ2v) is 5.76. The van der Waals surface area contributed by atoms with Crippen LogP contribution in [-0.2, 0) is 6.42 Å². The average Bonchev–Trinajstić information content (AvgIpc) is 2.76. The molecule has 0 heterocycles. The molecule has 0 aliphatic heterocycles. The van der Waals surface area contributed by atoms with Gasteiger partial charge in [-0.3, -0.25) is 0 Å². The molecule has 1 unspecified atom stereocenters. The molecule has 0 amide bonds. The molecule has 0 spiro atoms. The highest BCUT2D eigenvalue weighted by Crippen LogP contribution is 2.32. The van der Waals surface area contributed by atoms with Gasteiger partial charge in [-0.05, 0) is 50.2 Å². The van der Waals surface area contributed by atoms with E-state index in [1.165, 1.54) is 42.4 Å². The van der Waals surface area contributed by atoms with Crippen molar-refractivity contribution in [3.05, 3.63) is 34.9 Å². The van der Waals surface area contributed by atoms with Crippen molar-refractivity contribution < 1.29 is 0 Å². The van der Waals surface area contributed by atoms with Crippen LogP contribution in [0.3, 0.4) is 0 Å². The van der Waals surface area contributed by atoms with Crippen molar-refractivity contribution in [2.75, 3.05) is 0 Å². The van der Waals surface area contributed by atoms with Crippen molar-refractivity contribution in [1.82, 2.24) is 0 Å². The van der Waals surface area contributed by atoms with E-state index in [0.717, 1.165) is 12.3 Å². The van der Waals surface area contributed by atoms with Gasteiger partial charge in [0.15, 0.2) is 0 Å². The summed E-state index contributed by atoms with van der Waals surface area (Å²) in [5.74, 6) is 0.751. The molecule has 1 saturated carbocycles. The maximum atomic E-state index is 6.55. The number of aryl methyl sites for hydroxylation is 2. The van der Waals surface area contributed by atoms with Crippen LogP contribution in [0.2, 0.25) is 0 Å². The molecule has 1 aromatic rings. The lowest BCUT2D eigenvalue weighted by atomic mass is 9.94. The third kappa shape index (κ3) is 2.79. The lowest BCUT2D eigenvalue weighted by Crippen LogP contribution is -2.15. The standard InChI is InChI=1S/C15H21Cl/c1-11-7-8-12(2)14(9-11)10-15(16)13-5-3-4-6-13/h7-9,13,15H,3-6,10H2,1-2H3. The Bertz CT molecular complexity index is 350. The molecule has 1 aliphatic rings. The molecule has 0 bridgehead atoms. The Kier molecular flexibility index (Phi) is 3.91. The summed E-state index contributed by atoms with van der Waals surface area (Å²) in [5, 5.41) is 0.336. The summed E-state index contributed by atoms with van der Waals surface area (Å²) >= 11 is 6.55. The van der Waals surface area contributed by atoms with Gasteiger partial charge < -0.3 is 0 Å². The molecular formula is C15H21Cl. The number of alkyl halides is 1. The molecule has 0 aromatic heterocycles. The van der Waals surface area contributed by atoms with Gasteiger partial charge in [-0.15, -0.1) is 11.6 Å². The summed E-state index contributed by atoms with van der Waals surface area (Å²) in [7, 11) is 0. The number of halogens is 1. The molecule has 0 N–H and O–H groups in total. The van der Waals surface area contributed by atoms with Crippen LogP contribution < -0.4 is 0 Å². The fourth-order valence-corrected chi connectivity index (χ4v) is 3.13. The van der Waals surface area contributed by atoms with Gasteiger partial charge in [-0.1, -0.05) is 36.6 Å². The second-order valence-electron chi connectivity index (χ2n) is 5.19. The highest BCUT2D eigenvalue weighted by molar-refractivity contribution is 6.20. The monoisotopic (exact) mass is 236 g/mol. The summed E-state index contributed by atoms with van der Waals surface area (Å²) in [5.41, 5.74) is 4.16. The minimum absolute atomic E-state index is 0.336. The van der Waals surface area contributed by atoms with Crippen LogP contribution in [0.15, 0.2) is 18.2 Å². The largest absolute Gasteiger partial charge is 0.122 e. The van der Waals surface area contributed by atoms with E-state index >= 15 is 0 Å². The van der Waals surface area contributed by atoms with E-state index in [9.17, 15) is 0 Å². The first kappa shape index (κ1) is 12.0. The van der Waals surface area contributed by atoms with E-state index in [4.69, 9.17) is 11.6 Å². The molecule has 1 heteroatoms. The minimum atomic E-state index is 0.336. The Hall–Kier alpha value is -0.490. The Balaban J connectivity index is 2.04. The molecule has 0 saturated heterocycles. The molecule has 1 aromatic carbocycles.